The minimum atomic E-state index is -0.837. The Morgan fingerprint density at radius 3 is 1.57 bits per heavy atom. The van der Waals surface area contributed by atoms with Gasteiger partial charge >= 0.3 is 0 Å². The number of aryl methyl sites for hydroxylation is 1. The first-order chi connectivity index (χ1) is 6.70. The Morgan fingerprint density at radius 2 is 1.29 bits per heavy atom. The van der Waals surface area contributed by atoms with E-state index in [0.717, 1.165) is 4.90 Å². The minimum absolute atomic E-state index is 0.837. The lowest BCUT2D eigenvalue weighted by molar-refractivity contribution is 0.687. The molecule has 0 radical (unpaired) electrons. The molecule has 0 saturated heterocycles. The quantitative estimate of drug-likeness (QED) is 0.695. The van der Waals surface area contributed by atoms with Crippen molar-refractivity contribution >= 4 is 10.8 Å². The number of hydrogen-bond donors (Lipinski definition) is 0. The Hall–Kier alpha value is -0.630. The first kappa shape index (κ1) is 15.8. The third kappa shape index (κ3) is 6.84. The summed E-state index contributed by atoms with van der Waals surface area (Å²) in [5.74, 6) is 0. The van der Waals surface area contributed by atoms with Crippen molar-refractivity contribution < 1.29 is 4.21 Å². The van der Waals surface area contributed by atoms with Crippen LogP contribution in [0, 0.1) is 6.92 Å². The van der Waals surface area contributed by atoms with Gasteiger partial charge in [-0.1, -0.05) is 45.4 Å². The molecule has 0 spiro atoms. The summed E-state index contributed by atoms with van der Waals surface area (Å²) in [7, 11) is -0.837. The molecule has 0 bridgehead atoms. The highest BCUT2D eigenvalue weighted by Gasteiger charge is 1.93. The van der Waals surface area contributed by atoms with Gasteiger partial charge in [-0.3, -0.25) is 4.21 Å². The molecule has 0 fully saturated rings. The van der Waals surface area contributed by atoms with Crippen LogP contribution in [0.1, 0.15) is 33.3 Å². The minimum Gasteiger partial charge on any atom is -0.255 e. The molecule has 2 heteroatoms. The van der Waals surface area contributed by atoms with Crippen LogP contribution in [-0.2, 0) is 10.8 Å². The lowest BCUT2D eigenvalue weighted by atomic mass is 10.2. The number of hydrogen-bond acceptors (Lipinski definition) is 1. The van der Waals surface area contributed by atoms with Gasteiger partial charge in [-0.25, -0.2) is 0 Å². The maximum atomic E-state index is 10.9. The van der Waals surface area contributed by atoms with Crippen molar-refractivity contribution in [3.8, 4) is 0 Å². The van der Waals surface area contributed by atoms with Crippen LogP contribution >= 0.6 is 0 Å². The predicted octanol–water partition coefficient (Wildman–Crippen LogP) is 3.78. The van der Waals surface area contributed by atoms with Crippen LogP contribution in [0.4, 0.5) is 0 Å². The van der Waals surface area contributed by atoms with Crippen LogP contribution in [-0.4, -0.2) is 10.5 Å². The molecule has 0 aromatic heterocycles. The fourth-order valence-electron chi connectivity index (χ4n) is 0.730. The van der Waals surface area contributed by atoms with Crippen molar-refractivity contribution in [1.82, 2.24) is 0 Å². The highest BCUT2D eigenvalue weighted by Crippen LogP contribution is 2.05. The molecule has 0 aliphatic rings. The van der Waals surface area contributed by atoms with Gasteiger partial charge in [-0.05, 0) is 19.1 Å². The van der Waals surface area contributed by atoms with Gasteiger partial charge in [0.25, 0.3) is 0 Å². The van der Waals surface area contributed by atoms with Gasteiger partial charge in [0.2, 0.25) is 0 Å². The second kappa shape index (κ2) is 10.5. The standard InChI is InChI=1S/C8H10OS.2C2H6/c1-7-3-5-8(6-4-7)10(2)9;2*1-2/h3-6H,1-2H3;2*1-2H3. The van der Waals surface area contributed by atoms with Gasteiger partial charge in [-0.15, -0.1) is 0 Å². The first-order valence-corrected chi connectivity index (χ1v) is 6.66. The SMILES string of the molecule is CC.CC.Cc1ccc(S(C)=O)cc1. The van der Waals surface area contributed by atoms with Crippen molar-refractivity contribution in [3.63, 3.8) is 0 Å². The summed E-state index contributed by atoms with van der Waals surface area (Å²) in [6.45, 7) is 10.0. The first-order valence-electron chi connectivity index (χ1n) is 5.10. The van der Waals surface area contributed by atoms with E-state index in [-0.39, 0.29) is 0 Å². The predicted molar refractivity (Wildman–Crippen MR) is 66.2 cm³/mol. The molecule has 0 aliphatic heterocycles. The lowest BCUT2D eigenvalue weighted by Crippen LogP contribution is -1.85. The maximum absolute atomic E-state index is 10.9. The smallest absolute Gasteiger partial charge is 0.0498 e. The van der Waals surface area contributed by atoms with E-state index in [9.17, 15) is 4.21 Å². The highest BCUT2D eigenvalue weighted by molar-refractivity contribution is 7.84. The normalized spacial score (nSPS) is 10.1. The fourth-order valence-corrected chi connectivity index (χ4v) is 1.25. The third-order valence-corrected chi connectivity index (χ3v) is 2.29. The van der Waals surface area contributed by atoms with E-state index in [0.29, 0.717) is 0 Å². The topological polar surface area (TPSA) is 17.1 Å². The number of rotatable bonds is 1. The zero-order valence-corrected chi connectivity index (χ0v) is 10.9. The van der Waals surface area contributed by atoms with E-state index < -0.39 is 10.8 Å². The second-order valence-electron chi connectivity index (χ2n) is 2.27. The van der Waals surface area contributed by atoms with Gasteiger partial charge in [-0.2, -0.15) is 0 Å². The molecule has 0 N–H and O–H groups in total. The Kier molecular flexibility index (Phi) is 11.8. The summed E-state index contributed by atoms with van der Waals surface area (Å²) in [6, 6.07) is 7.73. The van der Waals surface area contributed by atoms with Crippen molar-refractivity contribution in [1.29, 1.82) is 0 Å². The molecule has 0 aliphatic carbocycles. The van der Waals surface area contributed by atoms with E-state index in [1.54, 1.807) is 6.26 Å². The van der Waals surface area contributed by atoms with Crippen molar-refractivity contribution in [3.05, 3.63) is 29.8 Å². The average Bonchev–Trinajstić information content (AvgIpc) is 2.24. The van der Waals surface area contributed by atoms with Crippen LogP contribution in [0.25, 0.3) is 0 Å². The van der Waals surface area contributed by atoms with Crippen molar-refractivity contribution in [2.24, 2.45) is 0 Å². The maximum Gasteiger partial charge on any atom is 0.0498 e. The van der Waals surface area contributed by atoms with Crippen LogP contribution in [0.15, 0.2) is 29.2 Å². The summed E-state index contributed by atoms with van der Waals surface area (Å²) in [5, 5.41) is 0. The van der Waals surface area contributed by atoms with E-state index in [1.165, 1.54) is 5.56 Å². The second-order valence-corrected chi connectivity index (χ2v) is 3.65. The zero-order chi connectivity index (χ0) is 11.6. The molecule has 1 atom stereocenters. The molecule has 14 heavy (non-hydrogen) atoms. The molecular weight excluding hydrogens is 192 g/mol. The molecule has 1 nitrogen and oxygen atoms in total. The van der Waals surface area contributed by atoms with Gasteiger partial charge in [0.15, 0.2) is 0 Å². The Morgan fingerprint density at radius 1 is 0.929 bits per heavy atom. The van der Waals surface area contributed by atoms with Gasteiger partial charge in [0, 0.05) is 22.0 Å². The van der Waals surface area contributed by atoms with Crippen molar-refractivity contribution in [2.75, 3.05) is 6.26 Å². The van der Waals surface area contributed by atoms with Crippen LogP contribution < -0.4 is 0 Å². The Bertz CT molecular complexity index is 239. The van der Waals surface area contributed by atoms with Gasteiger partial charge in [0.05, 0.1) is 0 Å². The average molecular weight is 214 g/mol. The molecule has 82 valence electrons. The summed E-state index contributed by atoms with van der Waals surface area (Å²) in [6.07, 6.45) is 1.69. The van der Waals surface area contributed by atoms with Crippen LogP contribution in [0.5, 0.6) is 0 Å². The van der Waals surface area contributed by atoms with E-state index >= 15 is 0 Å². The van der Waals surface area contributed by atoms with E-state index in [1.807, 2.05) is 58.9 Å². The summed E-state index contributed by atoms with van der Waals surface area (Å²) >= 11 is 0. The third-order valence-electron chi connectivity index (χ3n) is 1.35. The zero-order valence-electron chi connectivity index (χ0n) is 10.1. The molecule has 1 rings (SSSR count). The molecule has 0 saturated carbocycles. The van der Waals surface area contributed by atoms with Crippen molar-refractivity contribution in [2.45, 2.75) is 39.5 Å². The van der Waals surface area contributed by atoms with Crippen LogP contribution in [0.3, 0.4) is 0 Å². The number of benzene rings is 1. The monoisotopic (exact) mass is 214 g/mol. The molecule has 1 aromatic carbocycles. The van der Waals surface area contributed by atoms with E-state index in [4.69, 9.17) is 0 Å². The molecule has 1 aromatic rings. The Labute approximate surface area is 91.0 Å². The fraction of sp³-hybridized carbons (Fsp3) is 0.500. The van der Waals surface area contributed by atoms with Crippen LogP contribution in [0.2, 0.25) is 0 Å². The summed E-state index contributed by atoms with van der Waals surface area (Å²) in [4.78, 5) is 0.894. The lowest BCUT2D eigenvalue weighted by Gasteiger charge is -1.94. The van der Waals surface area contributed by atoms with Gasteiger partial charge in [0.1, 0.15) is 0 Å². The largest absolute Gasteiger partial charge is 0.255 e. The van der Waals surface area contributed by atoms with Gasteiger partial charge < -0.3 is 0 Å². The summed E-state index contributed by atoms with van der Waals surface area (Å²) in [5.41, 5.74) is 1.20. The Balaban J connectivity index is 0. The molecular formula is C12H22OS. The van der Waals surface area contributed by atoms with E-state index in [2.05, 4.69) is 0 Å². The molecule has 0 heterocycles. The highest BCUT2D eigenvalue weighted by atomic mass is 32.2. The molecule has 1 unspecified atom stereocenters. The summed E-state index contributed by atoms with van der Waals surface area (Å²) < 4.78 is 10.9. The molecule has 0 amide bonds.